The molecule has 0 aliphatic carbocycles. The van der Waals surface area contributed by atoms with Crippen LogP contribution < -0.4 is 10.9 Å². The Morgan fingerprint density at radius 2 is 1.58 bits per heavy atom. The van der Waals surface area contributed by atoms with E-state index < -0.39 is 11.8 Å². The van der Waals surface area contributed by atoms with Crippen LogP contribution in [0.3, 0.4) is 0 Å². The monoisotopic (exact) mass is 361 g/mol. The topological polar surface area (TPSA) is 63.1 Å². The lowest BCUT2D eigenvalue weighted by Crippen LogP contribution is -2.41. The van der Waals surface area contributed by atoms with E-state index in [2.05, 4.69) is 10.9 Å². The van der Waals surface area contributed by atoms with E-state index in [4.69, 9.17) is 23.2 Å². The molecule has 0 aliphatic rings. The molecule has 0 radical (unpaired) electrons. The molecular formula is C17H13Cl2N3O2. The van der Waals surface area contributed by atoms with E-state index in [-0.39, 0.29) is 5.56 Å². The second kappa shape index (κ2) is 6.55. The molecule has 0 saturated carbocycles. The number of halogens is 2. The predicted molar refractivity (Wildman–Crippen MR) is 94.3 cm³/mol. The molecule has 0 atom stereocenters. The van der Waals surface area contributed by atoms with Crippen LogP contribution in [-0.4, -0.2) is 16.4 Å². The van der Waals surface area contributed by atoms with Crippen LogP contribution in [0.1, 0.15) is 20.7 Å². The van der Waals surface area contributed by atoms with Crippen LogP contribution in [0.4, 0.5) is 0 Å². The number of amides is 2. The predicted octanol–water partition coefficient (Wildman–Crippen LogP) is 3.56. The number of nitrogens with zero attached hydrogens (tertiary/aromatic N) is 1. The van der Waals surface area contributed by atoms with Crippen molar-refractivity contribution >= 4 is 45.9 Å². The van der Waals surface area contributed by atoms with E-state index >= 15 is 0 Å². The number of hydrogen-bond acceptors (Lipinski definition) is 2. The minimum Gasteiger partial charge on any atom is -0.350 e. The van der Waals surface area contributed by atoms with Gasteiger partial charge in [0.1, 0.15) is 0 Å². The van der Waals surface area contributed by atoms with Gasteiger partial charge in [0.25, 0.3) is 11.8 Å². The summed E-state index contributed by atoms with van der Waals surface area (Å²) in [4.78, 5) is 24.5. The summed E-state index contributed by atoms with van der Waals surface area (Å²) in [6.07, 6.45) is 1.71. The van der Waals surface area contributed by atoms with Crippen LogP contribution in [0.2, 0.25) is 10.0 Å². The van der Waals surface area contributed by atoms with Crippen LogP contribution in [-0.2, 0) is 7.05 Å². The van der Waals surface area contributed by atoms with Crippen LogP contribution in [0.25, 0.3) is 10.9 Å². The van der Waals surface area contributed by atoms with Crippen LogP contribution in [0.5, 0.6) is 0 Å². The van der Waals surface area contributed by atoms with Crippen molar-refractivity contribution in [3.8, 4) is 0 Å². The smallest absolute Gasteiger partial charge is 0.271 e. The fourth-order valence-electron chi connectivity index (χ4n) is 2.46. The van der Waals surface area contributed by atoms with Crippen molar-refractivity contribution in [1.82, 2.24) is 15.4 Å². The molecule has 1 aromatic heterocycles. The molecule has 0 spiro atoms. The number of carbonyl (C=O) groups excluding carboxylic acids is 2. The van der Waals surface area contributed by atoms with E-state index in [0.717, 1.165) is 10.9 Å². The second-order valence-electron chi connectivity index (χ2n) is 5.24. The molecule has 7 heteroatoms. The summed E-state index contributed by atoms with van der Waals surface area (Å²) in [6.45, 7) is 0. The van der Waals surface area contributed by atoms with E-state index in [1.807, 2.05) is 35.9 Å². The minimum absolute atomic E-state index is 0.255. The van der Waals surface area contributed by atoms with Gasteiger partial charge in [-0.2, -0.15) is 0 Å². The quantitative estimate of drug-likeness (QED) is 0.685. The maximum Gasteiger partial charge on any atom is 0.271 e. The van der Waals surface area contributed by atoms with Gasteiger partial charge >= 0.3 is 0 Å². The summed E-state index contributed by atoms with van der Waals surface area (Å²) in [5.74, 6) is -0.915. The maximum absolute atomic E-state index is 12.4. The normalized spacial score (nSPS) is 10.6. The number of benzene rings is 2. The zero-order valence-corrected chi connectivity index (χ0v) is 14.2. The van der Waals surface area contributed by atoms with Crippen molar-refractivity contribution < 1.29 is 9.59 Å². The van der Waals surface area contributed by atoms with Gasteiger partial charge in [0.05, 0.1) is 5.56 Å². The third kappa shape index (κ3) is 3.22. The van der Waals surface area contributed by atoms with Gasteiger partial charge in [-0.1, -0.05) is 41.4 Å². The Kier molecular flexibility index (Phi) is 4.46. The summed E-state index contributed by atoms with van der Waals surface area (Å²) < 4.78 is 1.85. The zero-order chi connectivity index (χ0) is 17.3. The molecule has 0 saturated heterocycles. The number of nitrogens with one attached hydrogen (secondary N) is 2. The Hall–Kier alpha value is -2.50. The fourth-order valence-corrected chi connectivity index (χ4v) is 2.99. The lowest BCUT2D eigenvalue weighted by Gasteiger charge is -2.07. The van der Waals surface area contributed by atoms with Gasteiger partial charge in [-0.3, -0.25) is 20.4 Å². The van der Waals surface area contributed by atoms with Gasteiger partial charge in [-0.25, -0.2) is 0 Å². The summed E-state index contributed by atoms with van der Waals surface area (Å²) in [6, 6.07) is 12.0. The average Bonchev–Trinajstić information content (AvgIpc) is 2.89. The van der Waals surface area contributed by atoms with E-state index in [1.165, 1.54) is 18.2 Å². The molecule has 122 valence electrons. The van der Waals surface area contributed by atoms with Gasteiger partial charge in [0, 0.05) is 39.8 Å². The van der Waals surface area contributed by atoms with Crippen molar-refractivity contribution in [3.63, 3.8) is 0 Å². The summed E-state index contributed by atoms with van der Waals surface area (Å²) >= 11 is 11.7. The zero-order valence-electron chi connectivity index (χ0n) is 12.6. The van der Waals surface area contributed by atoms with Crippen molar-refractivity contribution in [2.24, 2.45) is 7.05 Å². The number of aryl methyl sites for hydroxylation is 1. The number of hydrazine groups is 1. The Labute approximate surface area is 148 Å². The highest BCUT2D eigenvalue weighted by Gasteiger charge is 2.15. The van der Waals surface area contributed by atoms with Crippen molar-refractivity contribution in [2.45, 2.75) is 0 Å². The Bertz CT molecular complexity index is 930. The number of fused-ring (bicyclic) bond motifs is 1. The Balaban J connectivity index is 1.76. The van der Waals surface area contributed by atoms with Gasteiger partial charge in [-0.15, -0.1) is 0 Å². The molecule has 1 heterocycles. The first-order valence-electron chi connectivity index (χ1n) is 7.06. The number of para-hydroxylation sites is 1. The summed E-state index contributed by atoms with van der Waals surface area (Å²) in [7, 11) is 1.85. The first-order chi connectivity index (χ1) is 11.5. The van der Waals surface area contributed by atoms with Crippen LogP contribution in [0, 0.1) is 0 Å². The second-order valence-corrected chi connectivity index (χ2v) is 6.11. The van der Waals surface area contributed by atoms with Gasteiger partial charge in [0.15, 0.2) is 0 Å². The molecule has 0 fully saturated rings. The molecule has 2 aromatic carbocycles. The van der Waals surface area contributed by atoms with E-state index in [1.54, 1.807) is 6.20 Å². The van der Waals surface area contributed by atoms with E-state index in [0.29, 0.717) is 15.6 Å². The lowest BCUT2D eigenvalue weighted by molar-refractivity contribution is 0.0847. The molecule has 3 rings (SSSR count). The summed E-state index contributed by atoms with van der Waals surface area (Å²) in [5, 5.41) is 1.48. The van der Waals surface area contributed by atoms with E-state index in [9.17, 15) is 9.59 Å². The number of aromatic nitrogens is 1. The number of rotatable bonds is 2. The van der Waals surface area contributed by atoms with Crippen LogP contribution in [0.15, 0.2) is 48.7 Å². The van der Waals surface area contributed by atoms with Gasteiger partial charge in [0.2, 0.25) is 0 Å². The maximum atomic E-state index is 12.4. The van der Waals surface area contributed by atoms with Crippen LogP contribution >= 0.6 is 23.2 Å². The molecule has 0 unspecified atom stereocenters. The molecule has 3 aromatic rings. The fraction of sp³-hybridized carbons (Fsp3) is 0.0588. The third-order valence-electron chi connectivity index (χ3n) is 3.56. The minimum atomic E-state index is -0.506. The third-order valence-corrected chi connectivity index (χ3v) is 3.99. The summed E-state index contributed by atoms with van der Waals surface area (Å²) in [5.41, 5.74) is 6.42. The molecule has 0 bridgehead atoms. The molecule has 0 aliphatic heterocycles. The first-order valence-corrected chi connectivity index (χ1v) is 7.82. The van der Waals surface area contributed by atoms with Gasteiger partial charge < -0.3 is 4.57 Å². The Morgan fingerprint density at radius 1 is 0.958 bits per heavy atom. The highest BCUT2D eigenvalue weighted by Crippen LogP contribution is 2.20. The molecule has 2 amide bonds. The van der Waals surface area contributed by atoms with Crippen molar-refractivity contribution in [1.29, 1.82) is 0 Å². The average molecular weight is 362 g/mol. The highest BCUT2D eigenvalue weighted by molar-refractivity contribution is 6.35. The molecular weight excluding hydrogens is 349 g/mol. The molecule has 2 N–H and O–H groups in total. The van der Waals surface area contributed by atoms with Crippen molar-refractivity contribution in [3.05, 3.63) is 69.8 Å². The van der Waals surface area contributed by atoms with Gasteiger partial charge in [-0.05, 0) is 24.3 Å². The standard InChI is InChI=1S/C17H13Cl2N3O2/c1-22-9-14(13-4-2-3-5-15(13)22)17(24)21-20-16(23)10-6-11(18)8-12(19)7-10/h2-9H,1H3,(H,20,23)(H,21,24). The molecule has 5 nitrogen and oxygen atoms in total. The number of carbonyl (C=O) groups is 2. The van der Waals surface area contributed by atoms with Crippen molar-refractivity contribution in [2.75, 3.05) is 0 Å². The molecule has 24 heavy (non-hydrogen) atoms. The SMILES string of the molecule is Cn1cc(C(=O)NNC(=O)c2cc(Cl)cc(Cl)c2)c2ccccc21. The first kappa shape index (κ1) is 16.4. The Morgan fingerprint density at radius 3 is 2.29 bits per heavy atom. The lowest BCUT2D eigenvalue weighted by atomic mass is 10.2. The number of hydrogen-bond donors (Lipinski definition) is 2. The highest BCUT2D eigenvalue weighted by atomic mass is 35.5. The largest absolute Gasteiger partial charge is 0.350 e.